The fourth-order valence-electron chi connectivity index (χ4n) is 1.92. The Bertz CT molecular complexity index is 491. The van der Waals surface area contributed by atoms with Crippen LogP contribution in [0.3, 0.4) is 0 Å². The summed E-state index contributed by atoms with van der Waals surface area (Å²) >= 11 is 0. The van der Waals surface area contributed by atoms with E-state index in [0.29, 0.717) is 0 Å². The maximum atomic E-state index is 2.27. The molecule has 0 amide bonds. The van der Waals surface area contributed by atoms with E-state index < -0.39 is 0 Å². The first-order valence-electron chi connectivity index (χ1n) is 4.84. The average molecular weight is 181 g/mol. The molecule has 3 rings (SSSR count). The molecule has 0 fully saturated rings. The van der Waals surface area contributed by atoms with Crippen LogP contribution in [-0.2, 0) is 6.54 Å². The van der Waals surface area contributed by atoms with Gasteiger partial charge in [0.15, 0.2) is 0 Å². The van der Waals surface area contributed by atoms with Gasteiger partial charge < -0.3 is 4.57 Å². The largest absolute Gasteiger partial charge is 0.344 e. The number of rotatable bonds is 0. The average Bonchev–Trinajstić information content (AvgIpc) is 2.58. The van der Waals surface area contributed by atoms with Gasteiger partial charge in [0.05, 0.1) is 0 Å². The molecule has 0 bridgehead atoms. The van der Waals surface area contributed by atoms with Crippen LogP contribution in [0, 0.1) is 0 Å². The van der Waals surface area contributed by atoms with Crippen molar-refractivity contribution in [3.05, 3.63) is 59.4 Å². The van der Waals surface area contributed by atoms with Crippen molar-refractivity contribution in [1.29, 1.82) is 0 Å². The van der Waals surface area contributed by atoms with E-state index in [1.54, 1.807) is 0 Å². The highest BCUT2D eigenvalue weighted by Crippen LogP contribution is 2.19. The van der Waals surface area contributed by atoms with Gasteiger partial charge in [-0.2, -0.15) is 0 Å². The minimum atomic E-state index is 0.978. The molecule has 14 heavy (non-hydrogen) atoms. The van der Waals surface area contributed by atoms with Gasteiger partial charge in [0.25, 0.3) is 0 Å². The topological polar surface area (TPSA) is 4.93 Å². The fraction of sp³-hybridized carbons (Fsp3) is 0.0769. The van der Waals surface area contributed by atoms with E-state index in [1.807, 2.05) is 0 Å². The van der Waals surface area contributed by atoms with Crippen LogP contribution in [0.5, 0.6) is 0 Å². The van der Waals surface area contributed by atoms with Gasteiger partial charge in [-0.3, -0.25) is 0 Å². The normalized spacial score (nSPS) is 13.1. The second-order valence-corrected chi connectivity index (χ2v) is 3.59. The number of benzene rings is 1. The molecule has 0 unspecified atom stereocenters. The van der Waals surface area contributed by atoms with Crippen molar-refractivity contribution in [3.8, 4) is 0 Å². The highest BCUT2D eigenvalue weighted by atomic mass is 15.0. The zero-order chi connectivity index (χ0) is 9.38. The van der Waals surface area contributed by atoms with Gasteiger partial charge in [0.2, 0.25) is 0 Å². The molecule has 1 aromatic heterocycles. The summed E-state index contributed by atoms with van der Waals surface area (Å²) in [6, 6.07) is 12.8. The van der Waals surface area contributed by atoms with Gasteiger partial charge in [-0.25, -0.2) is 0 Å². The van der Waals surface area contributed by atoms with Crippen LogP contribution >= 0.6 is 0 Å². The van der Waals surface area contributed by atoms with E-state index in [-0.39, 0.29) is 0 Å². The third-order valence-corrected chi connectivity index (χ3v) is 2.69. The van der Waals surface area contributed by atoms with Crippen LogP contribution in [0.15, 0.2) is 42.6 Å². The lowest BCUT2D eigenvalue weighted by Gasteiger charge is -2.05. The van der Waals surface area contributed by atoms with Crippen molar-refractivity contribution in [2.45, 2.75) is 6.54 Å². The molecule has 2 aromatic rings. The van der Waals surface area contributed by atoms with E-state index >= 15 is 0 Å². The van der Waals surface area contributed by atoms with E-state index in [4.69, 9.17) is 0 Å². The fourth-order valence-corrected chi connectivity index (χ4v) is 1.92. The summed E-state index contributed by atoms with van der Waals surface area (Å²) in [5.74, 6) is 0. The number of aromatic nitrogens is 1. The molecule has 0 radical (unpaired) electrons. The summed E-state index contributed by atoms with van der Waals surface area (Å²) in [4.78, 5) is 0. The summed E-state index contributed by atoms with van der Waals surface area (Å²) in [6.45, 7) is 0.978. The SMILES string of the molecule is C1=Cc2cccn2Cc2ccccc21. The predicted molar refractivity (Wildman–Crippen MR) is 58.9 cm³/mol. The minimum Gasteiger partial charge on any atom is -0.344 e. The molecule has 1 aliphatic heterocycles. The molecule has 1 nitrogen and oxygen atoms in total. The Morgan fingerprint density at radius 2 is 1.86 bits per heavy atom. The van der Waals surface area contributed by atoms with Crippen molar-refractivity contribution in [2.24, 2.45) is 0 Å². The number of nitrogens with zero attached hydrogens (tertiary/aromatic N) is 1. The first-order chi connectivity index (χ1) is 6.93. The standard InChI is InChI=1S/C13H11N/c1-2-5-12-10-14-9-3-6-13(14)8-7-11(12)4-1/h1-9H,10H2. The van der Waals surface area contributed by atoms with Gasteiger partial charge in [-0.15, -0.1) is 0 Å². The summed E-state index contributed by atoms with van der Waals surface area (Å²) in [5.41, 5.74) is 4.00. The number of fused-ring (bicyclic) bond motifs is 2. The smallest absolute Gasteiger partial charge is 0.0481 e. The van der Waals surface area contributed by atoms with Gasteiger partial charge in [0.1, 0.15) is 0 Å². The van der Waals surface area contributed by atoms with Crippen LogP contribution in [0.25, 0.3) is 12.2 Å². The maximum Gasteiger partial charge on any atom is 0.0481 e. The Hall–Kier alpha value is -1.76. The van der Waals surface area contributed by atoms with Crippen molar-refractivity contribution in [1.82, 2.24) is 4.57 Å². The molecule has 0 saturated carbocycles. The lowest BCUT2D eigenvalue weighted by molar-refractivity contribution is 0.800. The van der Waals surface area contributed by atoms with Gasteiger partial charge in [-0.1, -0.05) is 30.3 Å². The van der Waals surface area contributed by atoms with Crippen LogP contribution in [0.1, 0.15) is 16.8 Å². The molecule has 0 N–H and O–H groups in total. The Morgan fingerprint density at radius 3 is 2.86 bits per heavy atom. The molecule has 0 saturated heterocycles. The molecule has 0 atom stereocenters. The van der Waals surface area contributed by atoms with E-state index in [2.05, 4.69) is 59.3 Å². The third kappa shape index (κ3) is 1.10. The first-order valence-corrected chi connectivity index (χ1v) is 4.84. The first kappa shape index (κ1) is 7.63. The summed E-state index contributed by atoms with van der Waals surface area (Å²) in [7, 11) is 0. The highest BCUT2D eigenvalue weighted by molar-refractivity contribution is 5.71. The third-order valence-electron chi connectivity index (χ3n) is 2.69. The zero-order valence-electron chi connectivity index (χ0n) is 7.85. The second kappa shape index (κ2) is 2.88. The Kier molecular flexibility index (Phi) is 1.57. The van der Waals surface area contributed by atoms with E-state index in [9.17, 15) is 0 Å². The Labute approximate surface area is 83.3 Å². The highest BCUT2D eigenvalue weighted by Gasteiger charge is 2.05. The molecular formula is C13H11N. The number of hydrogen-bond donors (Lipinski definition) is 0. The van der Waals surface area contributed by atoms with E-state index in [1.165, 1.54) is 16.8 Å². The van der Waals surface area contributed by atoms with Crippen molar-refractivity contribution < 1.29 is 0 Å². The quantitative estimate of drug-likeness (QED) is 0.502. The van der Waals surface area contributed by atoms with Crippen LogP contribution in [0.4, 0.5) is 0 Å². The molecule has 68 valence electrons. The molecule has 0 aliphatic carbocycles. The molecule has 1 heteroatoms. The van der Waals surface area contributed by atoms with Crippen molar-refractivity contribution >= 4 is 12.2 Å². The molecule has 1 aromatic carbocycles. The monoisotopic (exact) mass is 181 g/mol. The molecular weight excluding hydrogens is 170 g/mol. The van der Waals surface area contributed by atoms with Crippen LogP contribution in [-0.4, -0.2) is 4.57 Å². The predicted octanol–water partition coefficient (Wildman–Crippen LogP) is 3.02. The Balaban J connectivity index is 2.19. The molecule has 2 heterocycles. The van der Waals surface area contributed by atoms with E-state index in [0.717, 1.165) is 6.54 Å². The minimum absolute atomic E-state index is 0.978. The van der Waals surface area contributed by atoms with Gasteiger partial charge >= 0.3 is 0 Å². The van der Waals surface area contributed by atoms with Crippen LogP contribution < -0.4 is 0 Å². The van der Waals surface area contributed by atoms with Gasteiger partial charge in [-0.05, 0) is 29.3 Å². The van der Waals surface area contributed by atoms with Crippen molar-refractivity contribution in [3.63, 3.8) is 0 Å². The van der Waals surface area contributed by atoms with Crippen molar-refractivity contribution in [2.75, 3.05) is 0 Å². The summed E-state index contributed by atoms with van der Waals surface area (Å²) in [5, 5.41) is 0. The lowest BCUT2D eigenvalue weighted by Crippen LogP contribution is -1.99. The number of hydrogen-bond acceptors (Lipinski definition) is 0. The molecule has 1 aliphatic rings. The van der Waals surface area contributed by atoms with Gasteiger partial charge in [0, 0.05) is 18.4 Å². The summed E-state index contributed by atoms with van der Waals surface area (Å²) in [6.07, 6.45) is 6.49. The summed E-state index contributed by atoms with van der Waals surface area (Å²) < 4.78 is 2.27. The Morgan fingerprint density at radius 1 is 0.929 bits per heavy atom. The lowest BCUT2D eigenvalue weighted by atomic mass is 10.1. The zero-order valence-corrected chi connectivity index (χ0v) is 7.85. The molecule has 0 spiro atoms. The van der Waals surface area contributed by atoms with Crippen LogP contribution in [0.2, 0.25) is 0 Å². The maximum absolute atomic E-state index is 2.27. The second-order valence-electron chi connectivity index (χ2n) is 3.59.